The number of rotatable bonds is 9. The minimum absolute atomic E-state index is 0.105. The largest absolute Gasteiger partial charge is 0.484 e. The van der Waals surface area contributed by atoms with Gasteiger partial charge in [-0.3, -0.25) is 4.79 Å². The molecule has 27 heavy (non-hydrogen) atoms. The minimum atomic E-state index is -3.63. The number of hydrogen-bond acceptors (Lipinski definition) is 4. The molecule has 2 N–H and O–H groups in total. The lowest BCUT2D eigenvalue weighted by Crippen LogP contribution is -2.31. The van der Waals surface area contributed by atoms with Crippen LogP contribution in [0.5, 0.6) is 5.75 Å². The maximum absolute atomic E-state index is 12.5. The zero-order valence-electron chi connectivity index (χ0n) is 15.9. The molecule has 2 rings (SSSR count). The van der Waals surface area contributed by atoms with E-state index >= 15 is 0 Å². The third-order valence-corrected chi connectivity index (χ3v) is 5.23. The van der Waals surface area contributed by atoms with Gasteiger partial charge in [-0.15, -0.1) is 0 Å². The summed E-state index contributed by atoms with van der Waals surface area (Å²) in [6.07, 6.45) is 0. The van der Waals surface area contributed by atoms with Crippen LogP contribution in [0.3, 0.4) is 0 Å². The van der Waals surface area contributed by atoms with Gasteiger partial charge in [0, 0.05) is 13.1 Å². The van der Waals surface area contributed by atoms with E-state index in [0.29, 0.717) is 23.8 Å². The SMILES string of the molecule is Cc1cc(S(=O)(=O)NCc2ccccc2)ccc1OCC(=O)NCC(C)C. The van der Waals surface area contributed by atoms with E-state index < -0.39 is 10.0 Å². The van der Waals surface area contributed by atoms with E-state index in [9.17, 15) is 13.2 Å². The maximum Gasteiger partial charge on any atom is 0.257 e. The van der Waals surface area contributed by atoms with Crippen LogP contribution in [-0.2, 0) is 21.4 Å². The molecule has 0 atom stereocenters. The molecule has 0 radical (unpaired) electrons. The molecule has 2 aromatic rings. The van der Waals surface area contributed by atoms with Crippen LogP contribution in [-0.4, -0.2) is 27.5 Å². The molecule has 7 heteroatoms. The van der Waals surface area contributed by atoms with Gasteiger partial charge < -0.3 is 10.1 Å². The van der Waals surface area contributed by atoms with Gasteiger partial charge in [0.25, 0.3) is 5.91 Å². The number of carbonyl (C=O) groups excluding carboxylic acids is 1. The molecule has 0 heterocycles. The van der Waals surface area contributed by atoms with Gasteiger partial charge in [0.2, 0.25) is 10.0 Å². The second-order valence-electron chi connectivity index (χ2n) is 6.72. The summed E-state index contributed by atoms with van der Waals surface area (Å²) in [5, 5.41) is 2.77. The van der Waals surface area contributed by atoms with Crippen molar-refractivity contribution in [2.24, 2.45) is 5.92 Å². The van der Waals surface area contributed by atoms with Gasteiger partial charge in [0.15, 0.2) is 6.61 Å². The normalized spacial score (nSPS) is 11.4. The highest BCUT2D eigenvalue weighted by atomic mass is 32.2. The molecule has 0 saturated carbocycles. The van der Waals surface area contributed by atoms with Crippen molar-refractivity contribution in [1.82, 2.24) is 10.0 Å². The molecule has 6 nitrogen and oxygen atoms in total. The molecule has 0 aliphatic heterocycles. The van der Waals surface area contributed by atoms with E-state index in [1.165, 1.54) is 12.1 Å². The van der Waals surface area contributed by atoms with Crippen molar-refractivity contribution in [3.63, 3.8) is 0 Å². The number of aryl methyl sites for hydroxylation is 1. The van der Waals surface area contributed by atoms with Crippen molar-refractivity contribution in [2.45, 2.75) is 32.2 Å². The highest BCUT2D eigenvalue weighted by molar-refractivity contribution is 7.89. The molecule has 146 valence electrons. The van der Waals surface area contributed by atoms with Gasteiger partial charge >= 0.3 is 0 Å². The molecule has 0 aromatic heterocycles. The Kier molecular flexibility index (Phi) is 7.38. The van der Waals surface area contributed by atoms with E-state index in [0.717, 1.165) is 5.56 Å². The van der Waals surface area contributed by atoms with Crippen LogP contribution >= 0.6 is 0 Å². The van der Waals surface area contributed by atoms with Crippen molar-refractivity contribution in [1.29, 1.82) is 0 Å². The minimum Gasteiger partial charge on any atom is -0.484 e. The number of amides is 1. The Labute approximate surface area is 161 Å². The Bertz CT molecular complexity index is 865. The first-order valence-corrected chi connectivity index (χ1v) is 10.3. The molecule has 0 bridgehead atoms. The molecule has 0 aliphatic carbocycles. The van der Waals surface area contributed by atoms with Crippen molar-refractivity contribution >= 4 is 15.9 Å². The average molecular weight is 391 g/mol. The van der Waals surface area contributed by atoms with Crippen LogP contribution in [0.1, 0.15) is 25.0 Å². The van der Waals surface area contributed by atoms with E-state index in [4.69, 9.17) is 4.74 Å². The third-order valence-electron chi connectivity index (χ3n) is 3.83. The predicted molar refractivity (Wildman–Crippen MR) is 105 cm³/mol. The van der Waals surface area contributed by atoms with E-state index in [-0.39, 0.29) is 24.0 Å². The zero-order chi connectivity index (χ0) is 19.9. The lowest BCUT2D eigenvalue weighted by atomic mass is 10.2. The summed E-state index contributed by atoms with van der Waals surface area (Å²) in [5.41, 5.74) is 1.53. The molecule has 0 saturated heterocycles. The van der Waals surface area contributed by atoms with Gasteiger partial charge in [-0.25, -0.2) is 13.1 Å². The first-order chi connectivity index (χ1) is 12.8. The van der Waals surface area contributed by atoms with Crippen molar-refractivity contribution < 1.29 is 17.9 Å². The predicted octanol–water partition coefficient (Wildman–Crippen LogP) is 2.62. The molecule has 0 aliphatic rings. The maximum atomic E-state index is 12.5. The Balaban J connectivity index is 1.97. The van der Waals surface area contributed by atoms with Gasteiger partial charge in [-0.2, -0.15) is 0 Å². The molecule has 2 aromatic carbocycles. The first kappa shape index (κ1) is 20.9. The number of benzene rings is 2. The second kappa shape index (κ2) is 9.53. The highest BCUT2D eigenvalue weighted by Crippen LogP contribution is 2.22. The van der Waals surface area contributed by atoms with Crippen LogP contribution < -0.4 is 14.8 Å². The van der Waals surface area contributed by atoms with Gasteiger partial charge in [-0.05, 0) is 42.2 Å². The average Bonchev–Trinajstić information content (AvgIpc) is 2.64. The van der Waals surface area contributed by atoms with Crippen molar-refractivity contribution in [3.8, 4) is 5.75 Å². The van der Waals surface area contributed by atoms with Gasteiger partial charge in [0.1, 0.15) is 5.75 Å². The fourth-order valence-electron chi connectivity index (χ4n) is 2.32. The van der Waals surface area contributed by atoms with Crippen LogP contribution in [0.25, 0.3) is 0 Å². The molecule has 0 spiro atoms. The topological polar surface area (TPSA) is 84.5 Å². The molecule has 0 fully saturated rings. The highest BCUT2D eigenvalue weighted by Gasteiger charge is 2.15. The quantitative estimate of drug-likeness (QED) is 0.689. The summed E-state index contributed by atoms with van der Waals surface area (Å²) < 4.78 is 33.0. The first-order valence-electron chi connectivity index (χ1n) is 8.81. The second-order valence-corrected chi connectivity index (χ2v) is 8.49. The number of hydrogen-bond donors (Lipinski definition) is 2. The summed E-state index contributed by atoms with van der Waals surface area (Å²) in [5.74, 6) is 0.643. The summed E-state index contributed by atoms with van der Waals surface area (Å²) >= 11 is 0. The van der Waals surface area contributed by atoms with Crippen LogP contribution in [0.2, 0.25) is 0 Å². The monoisotopic (exact) mass is 390 g/mol. The fraction of sp³-hybridized carbons (Fsp3) is 0.350. The van der Waals surface area contributed by atoms with Gasteiger partial charge in [0.05, 0.1) is 4.90 Å². The molecule has 0 unspecified atom stereocenters. The van der Waals surface area contributed by atoms with Crippen molar-refractivity contribution in [2.75, 3.05) is 13.2 Å². The Morgan fingerprint density at radius 1 is 1.11 bits per heavy atom. The number of carbonyl (C=O) groups is 1. The Hall–Kier alpha value is -2.38. The number of nitrogens with one attached hydrogen (secondary N) is 2. The van der Waals surface area contributed by atoms with Crippen LogP contribution in [0, 0.1) is 12.8 Å². The number of ether oxygens (including phenoxy) is 1. The lowest BCUT2D eigenvalue weighted by molar-refractivity contribution is -0.123. The fourth-order valence-corrected chi connectivity index (χ4v) is 3.42. The third kappa shape index (κ3) is 6.69. The van der Waals surface area contributed by atoms with E-state index in [1.807, 2.05) is 44.2 Å². The zero-order valence-corrected chi connectivity index (χ0v) is 16.7. The molecule has 1 amide bonds. The number of sulfonamides is 1. The van der Waals surface area contributed by atoms with Gasteiger partial charge in [-0.1, -0.05) is 44.2 Å². The smallest absolute Gasteiger partial charge is 0.257 e. The molecular weight excluding hydrogens is 364 g/mol. The van der Waals surface area contributed by atoms with Crippen LogP contribution in [0.15, 0.2) is 53.4 Å². The van der Waals surface area contributed by atoms with E-state index in [2.05, 4.69) is 10.0 Å². The molecular formula is C20H26N2O4S. The Morgan fingerprint density at radius 2 is 1.81 bits per heavy atom. The summed E-state index contributed by atoms with van der Waals surface area (Å²) in [6.45, 7) is 6.47. The summed E-state index contributed by atoms with van der Waals surface area (Å²) in [4.78, 5) is 11.9. The van der Waals surface area contributed by atoms with E-state index in [1.54, 1.807) is 13.0 Å². The lowest BCUT2D eigenvalue weighted by Gasteiger charge is -2.12. The summed E-state index contributed by atoms with van der Waals surface area (Å²) in [6, 6.07) is 13.9. The van der Waals surface area contributed by atoms with Crippen molar-refractivity contribution in [3.05, 3.63) is 59.7 Å². The Morgan fingerprint density at radius 3 is 2.44 bits per heavy atom. The van der Waals surface area contributed by atoms with Crippen LogP contribution in [0.4, 0.5) is 0 Å². The summed E-state index contributed by atoms with van der Waals surface area (Å²) in [7, 11) is -3.63. The standard InChI is InChI=1S/C20H26N2O4S/c1-15(2)12-21-20(23)14-26-19-10-9-18(11-16(19)3)27(24,25)22-13-17-7-5-4-6-8-17/h4-11,15,22H,12-14H2,1-3H3,(H,21,23).